The predicted octanol–water partition coefficient (Wildman–Crippen LogP) is 2.77. The van der Waals surface area contributed by atoms with Gasteiger partial charge in [-0.2, -0.15) is 0 Å². The largest absolute Gasteiger partial charge is 0.319 e. The Morgan fingerprint density at radius 2 is 2.33 bits per heavy atom. The Morgan fingerprint density at radius 1 is 1.50 bits per heavy atom. The molecule has 94 valence electrons. The van der Waals surface area contributed by atoms with Gasteiger partial charge in [0.1, 0.15) is 5.82 Å². The van der Waals surface area contributed by atoms with E-state index in [0.717, 1.165) is 23.1 Å². The van der Waals surface area contributed by atoms with Crippen molar-refractivity contribution in [2.45, 2.75) is 19.8 Å². The predicted molar refractivity (Wildman–Crippen MR) is 72.5 cm³/mol. The van der Waals surface area contributed by atoms with Crippen molar-refractivity contribution in [2.24, 2.45) is 0 Å². The highest BCUT2D eigenvalue weighted by Crippen LogP contribution is 2.16. The molecular formula is C12H13BrN4O. The zero-order valence-corrected chi connectivity index (χ0v) is 11.5. The number of carbonyl (C=O) groups is 1. The van der Waals surface area contributed by atoms with Gasteiger partial charge in [-0.25, -0.2) is 4.98 Å². The summed E-state index contributed by atoms with van der Waals surface area (Å²) in [7, 11) is 0. The Morgan fingerprint density at radius 3 is 3.06 bits per heavy atom. The molecule has 0 saturated heterocycles. The summed E-state index contributed by atoms with van der Waals surface area (Å²) in [4.78, 5) is 16.0. The molecule has 18 heavy (non-hydrogen) atoms. The van der Waals surface area contributed by atoms with Gasteiger partial charge in [-0.05, 0) is 24.6 Å². The van der Waals surface area contributed by atoms with Gasteiger partial charge in [0.2, 0.25) is 5.82 Å². The molecule has 5 nitrogen and oxygen atoms in total. The normalized spacial score (nSPS) is 10.3. The molecule has 6 heteroatoms. The minimum atomic E-state index is -0.313. The first-order chi connectivity index (χ1) is 8.69. The van der Waals surface area contributed by atoms with Crippen LogP contribution in [0.3, 0.4) is 0 Å². The summed E-state index contributed by atoms with van der Waals surface area (Å²) in [6.07, 6.45) is 1.75. The van der Waals surface area contributed by atoms with Crippen LogP contribution in [0.1, 0.15) is 29.8 Å². The summed E-state index contributed by atoms with van der Waals surface area (Å²) in [5, 5.41) is 9.39. The highest BCUT2D eigenvalue weighted by molar-refractivity contribution is 9.10. The number of H-pyrrole nitrogens is 1. The molecule has 2 aromatic rings. The highest BCUT2D eigenvalue weighted by Gasteiger charge is 2.12. The van der Waals surface area contributed by atoms with Gasteiger partial charge < -0.3 is 5.32 Å². The first-order valence-electron chi connectivity index (χ1n) is 5.67. The van der Waals surface area contributed by atoms with Crippen LogP contribution in [0.5, 0.6) is 0 Å². The van der Waals surface area contributed by atoms with E-state index in [0.29, 0.717) is 5.69 Å². The first kappa shape index (κ1) is 12.8. The van der Waals surface area contributed by atoms with Crippen molar-refractivity contribution in [3.05, 3.63) is 40.4 Å². The Kier molecular flexibility index (Phi) is 4.09. The summed E-state index contributed by atoms with van der Waals surface area (Å²) in [5.74, 6) is 0.585. The van der Waals surface area contributed by atoms with Gasteiger partial charge >= 0.3 is 0 Å². The van der Waals surface area contributed by atoms with E-state index in [2.05, 4.69) is 36.4 Å². The fourth-order valence-corrected chi connectivity index (χ4v) is 1.90. The number of amides is 1. The van der Waals surface area contributed by atoms with Gasteiger partial charge in [-0.1, -0.05) is 28.9 Å². The number of carbonyl (C=O) groups excluding carboxylic acids is 1. The summed E-state index contributed by atoms with van der Waals surface area (Å²) in [6.45, 7) is 2.05. The maximum Gasteiger partial charge on any atom is 0.295 e. The zero-order valence-electron chi connectivity index (χ0n) is 9.90. The lowest BCUT2D eigenvalue weighted by molar-refractivity contribution is 0.101. The molecule has 1 aromatic heterocycles. The molecule has 1 heterocycles. The molecule has 0 aliphatic heterocycles. The molecule has 1 aromatic carbocycles. The molecule has 0 atom stereocenters. The maximum atomic E-state index is 11.9. The summed E-state index contributed by atoms with van der Waals surface area (Å²) < 4.78 is 0.905. The Labute approximate surface area is 113 Å². The number of halogens is 1. The number of nitrogens with zero attached hydrogens (tertiary/aromatic N) is 2. The second-order valence-corrected chi connectivity index (χ2v) is 4.74. The van der Waals surface area contributed by atoms with E-state index in [1.165, 1.54) is 0 Å². The number of benzene rings is 1. The third kappa shape index (κ3) is 3.16. The molecule has 1 amide bonds. The number of aryl methyl sites for hydroxylation is 1. The van der Waals surface area contributed by atoms with Gasteiger partial charge in [0.15, 0.2) is 0 Å². The third-order valence-corrected chi connectivity index (χ3v) is 2.80. The van der Waals surface area contributed by atoms with Crippen LogP contribution >= 0.6 is 15.9 Å². The van der Waals surface area contributed by atoms with E-state index in [-0.39, 0.29) is 11.7 Å². The van der Waals surface area contributed by atoms with Crippen LogP contribution in [0.2, 0.25) is 0 Å². The van der Waals surface area contributed by atoms with E-state index in [1.807, 2.05) is 31.2 Å². The Balaban J connectivity index is 2.07. The lowest BCUT2D eigenvalue weighted by atomic mass is 10.3. The van der Waals surface area contributed by atoms with Crippen LogP contribution in [0, 0.1) is 0 Å². The van der Waals surface area contributed by atoms with Crippen LogP contribution in [-0.4, -0.2) is 21.1 Å². The molecule has 0 unspecified atom stereocenters. The van der Waals surface area contributed by atoms with Crippen LogP contribution in [0.15, 0.2) is 28.7 Å². The third-order valence-electron chi connectivity index (χ3n) is 2.30. The van der Waals surface area contributed by atoms with Gasteiger partial charge in [-0.3, -0.25) is 9.89 Å². The Hall–Kier alpha value is -1.69. The molecule has 0 spiro atoms. The molecule has 0 radical (unpaired) electrons. The topological polar surface area (TPSA) is 70.7 Å². The minimum absolute atomic E-state index is 0.165. The summed E-state index contributed by atoms with van der Waals surface area (Å²) >= 11 is 3.34. The summed E-state index contributed by atoms with van der Waals surface area (Å²) in [5.41, 5.74) is 0.705. The first-order valence-corrected chi connectivity index (χ1v) is 6.46. The monoisotopic (exact) mass is 308 g/mol. The highest BCUT2D eigenvalue weighted by atomic mass is 79.9. The molecule has 0 aliphatic carbocycles. The number of hydrogen-bond acceptors (Lipinski definition) is 3. The number of aromatic nitrogens is 3. The standard InChI is InChI=1S/C12H13BrN4O/c1-2-4-10-15-11(17-16-10)12(18)14-9-6-3-5-8(13)7-9/h3,5-7H,2,4H2,1H3,(H,14,18)(H,15,16,17). The number of rotatable bonds is 4. The van der Waals surface area contributed by atoms with Crippen molar-refractivity contribution in [1.29, 1.82) is 0 Å². The zero-order chi connectivity index (χ0) is 13.0. The fraction of sp³-hybridized carbons (Fsp3) is 0.250. The van der Waals surface area contributed by atoms with Crippen LogP contribution in [0.25, 0.3) is 0 Å². The van der Waals surface area contributed by atoms with Gasteiger partial charge in [0.05, 0.1) is 0 Å². The minimum Gasteiger partial charge on any atom is -0.319 e. The fourth-order valence-electron chi connectivity index (χ4n) is 1.50. The molecular weight excluding hydrogens is 296 g/mol. The number of aromatic amines is 1. The van der Waals surface area contributed by atoms with E-state index in [1.54, 1.807) is 0 Å². The number of nitrogens with one attached hydrogen (secondary N) is 2. The van der Waals surface area contributed by atoms with E-state index in [9.17, 15) is 4.79 Å². The van der Waals surface area contributed by atoms with E-state index < -0.39 is 0 Å². The van der Waals surface area contributed by atoms with Crippen molar-refractivity contribution in [3.8, 4) is 0 Å². The second-order valence-electron chi connectivity index (χ2n) is 3.82. The average Bonchev–Trinajstić information content (AvgIpc) is 2.78. The number of hydrogen-bond donors (Lipinski definition) is 2. The van der Waals surface area contributed by atoms with Crippen LogP contribution in [-0.2, 0) is 6.42 Å². The Bertz CT molecular complexity index is 553. The lowest BCUT2D eigenvalue weighted by Crippen LogP contribution is -2.13. The van der Waals surface area contributed by atoms with Crippen molar-refractivity contribution in [2.75, 3.05) is 5.32 Å². The van der Waals surface area contributed by atoms with Gasteiger partial charge in [-0.15, -0.1) is 5.10 Å². The SMILES string of the molecule is CCCc1nc(C(=O)Nc2cccc(Br)c2)n[nH]1. The summed E-state index contributed by atoms with van der Waals surface area (Å²) in [6, 6.07) is 7.36. The van der Waals surface area contributed by atoms with Crippen LogP contribution < -0.4 is 5.32 Å². The van der Waals surface area contributed by atoms with Crippen LogP contribution in [0.4, 0.5) is 5.69 Å². The van der Waals surface area contributed by atoms with Gasteiger partial charge in [0, 0.05) is 16.6 Å². The average molecular weight is 309 g/mol. The second kappa shape index (κ2) is 5.77. The van der Waals surface area contributed by atoms with Gasteiger partial charge in [0.25, 0.3) is 5.91 Å². The molecule has 0 fully saturated rings. The molecule has 0 saturated carbocycles. The van der Waals surface area contributed by atoms with Crippen molar-refractivity contribution < 1.29 is 4.79 Å². The lowest BCUT2D eigenvalue weighted by Gasteiger charge is -2.02. The van der Waals surface area contributed by atoms with Crippen molar-refractivity contribution >= 4 is 27.5 Å². The van der Waals surface area contributed by atoms with E-state index >= 15 is 0 Å². The molecule has 0 aliphatic rings. The smallest absolute Gasteiger partial charge is 0.295 e. The molecule has 2 N–H and O–H groups in total. The maximum absolute atomic E-state index is 11.9. The van der Waals surface area contributed by atoms with E-state index in [4.69, 9.17) is 0 Å². The molecule has 0 bridgehead atoms. The van der Waals surface area contributed by atoms with Crippen molar-refractivity contribution in [3.63, 3.8) is 0 Å². The number of anilines is 1. The van der Waals surface area contributed by atoms with Crippen molar-refractivity contribution in [1.82, 2.24) is 15.2 Å². The molecule has 2 rings (SSSR count). The quantitative estimate of drug-likeness (QED) is 0.912.